The SMILES string of the molecule is CN1C(=O)/C(=C/c2ccc(O[C@@H](NC(=O)c3ccco3)C(Cl)(Cl)Cl)cc2)SC1=S. The van der Waals surface area contributed by atoms with Gasteiger partial charge in [0.25, 0.3) is 11.8 Å². The fourth-order valence-corrected chi connectivity index (χ4v) is 3.73. The molecular formula is C18H13Cl3N2O4S2. The lowest BCUT2D eigenvalue weighted by Crippen LogP contribution is -2.47. The van der Waals surface area contributed by atoms with Crippen LogP contribution >= 0.6 is 58.8 Å². The summed E-state index contributed by atoms with van der Waals surface area (Å²) in [6.45, 7) is 0. The molecule has 1 aromatic heterocycles. The molecule has 1 atom stereocenters. The third-order valence-corrected chi connectivity index (χ3v) is 5.80. The van der Waals surface area contributed by atoms with Crippen LogP contribution in [-0.2, 0) is 4.79 Å². The second-order valence-electron chi connectivity index (χ2n) is 5.80. The lowest BCUT2D eigenvalue weighted by molar-refractivity contribution is -0.121. The zero-order valence-electron chi connectivity index (χ0n) is 14.7. The highest BCUT2D eigenvalue weighted by Crippen LogP contribution is 2.33. The van der Waals surface area contributed by atoms with Crippen molar-refractivity contribution in [2.75, 3.05) is 7.05 Å². The van der Waals surface area contributed by atoms with Crippen LogP contribution in [0.25, 0.3) is 6.08 Å². The molecule has 0 radical (unpaired) electrons. The maximum Gasteiger partial charge on any atom is 0.289 e. The van der Waals surface area contributed by atoms with Gasteiger partial charge in [0.1, 0.15) is 10.1 Å². The van der Waals surface area contributed by atoms with Gasteiger partial charge in [0.05, 0.1) is 11.2 Å². The van der Waals surface area contributed by atoms with Crippen LogP contribution in [0.4, 0.5) is 0 Å². The molecule has 0 unspecified atom stereocenters. The lowest BCUT2D eigenvalue weighted by Gasteiger charge is -2.26. The van der Waals surface area contributed by atoms with Gasteiger partial charge in [0, 0.05) is 7.05 Å². The first-order valence-corrected chi connectivity index (χ1v) is 10.4. The Morgan fingerprint density at radius 3 is 2.52 bits per heavy atom. The molecule has 152 valence electrons. The molecule has 2 heterocycles. The summed E-state index contributed by atoms with van der Waals surface area (Å²) >= 11 is 24.1. The van der Waals surface area contributed by atoms with Gasteiger partial charge < -0.3 is 14.5 Å². The zero-order chi connectivity index (χ0) is 21.2. The topological polar surface area (TPSA) is 71.8 Å². The Morgan fingerprint density at radius 2 is 2.00 bits per heavy atom. The number of amides is 2. The summed E-state index contributed by atoms with van der Waals surface area (Å²) in [5, 5.41) is 2.47. The van der Waals surface area contributed by atoms with Crippen molar-refractivity contribution in [2.24, 2.45) is 0 Å². The van der Waals surface area contributed by atoms with Gasteiger partial charge >= 0.3 is 0 Å². The van der Waals surface area contributed by atoms with E-state index in [9.17, 15) is 9.59 Å². The Morgan fingerprint density at radius 1 is 1.31 bits per heavy atom. The molecule has 1 fully saturated rings. The summed E-state index contributed by atoms with van der Waals surface area (Å²) in [4.78, 5) is 26.2. The largest absolute Gasteiger partial charge is 0.466 e. The number of alkyl halides is 3. The monoisotopic (exact) mass is 490 g/mol. The van der Waals surface area contributed by atoms with Gasteiger partial charge in [-0.25, -0.2) is 0 Å². The van der Waals surface area contributed by atoms with Crippen molar-refractivity contribution < 1.29 is 18.7 Å². The predicted octanol–water partition coefficient (Wildman–Crippen LogP) is 4.62. The summed E-state index contributed by atoms with van der Waals surface area (Å²) in [5.74, 6) is -0.348. The van der Waals surface area contributed by atoms with Crippen LogP contribution in [0, 0.1) is 0 Å². The number of ether oxygens (including phenoxy) is 1. The van der Waals surface area contributed by atoms with Crippen molar-refractivity contribution in [1.82, 2.24) is 10.2 Å². The molecule has 0 aliphatic carbocycles. The van der Waals surface area contributed by atoms with Gasteiger partial charge in [-0.05, 0) is 35.9 Å². The third kappa shape index (κ3) is 5.46. The number of nitrogens with one attached hydrogen (secondary N) is 1. The highest BCUT2D eigenvalue weighted by Gasteiger charge is 2.37. The number of hydrogen-bond acceptors (Lipinski definition) is 6. The fraction of sp³-hybridized carbons (Fsp3) is 0.167. The van der Waals surface area contributed by atoms with E-state index in [-0.39, 0.29) is 11.7 Å². The zero-order valence-corrected chi connectivity index (χ0v) is 18.6. The fourth-order valence-electron chi connectivity index (χ4n) is 2.25. The standard InChI is InChI=1S/C18H13Cl3N2O4S2/c1-23-15(25)13(29-17(23)28)9-10-4-6-11(7-5-10)27-16(18(19,20)21)22-14(24)12-3-2-8-26-12/h2-9,16H,1H3,(H,22,24)/b13-9-/t16-/m1/s1. The molecule has 0 saturated carbocycles. The van der Waals surface area contributed by atoms with Crippen LogP contribution in [0.5, 0.6) is 5.75 Å². The van der Waals surface area contributed by atoms with Crippen LogP contribution < -0.4 is 10.1 Å². The van der Waals surface area contributed by atoms with E-state index < -0.39 is 15.9 Å². The third-order valence-electron chi connectivity index (χ3n) is 3.72. The predicted molar refractivity (Wildman–Crippen MR) is 118 cm³/mol. The molecule has 0 bridgehead atoms. The van der Waals surface area contributed by atoms with Crippen molar-refractivity contribution >= 4 is 81.0 Å². The molecule has 1 aliphatic heterocycles. The Balaban J connectivity index is 1.72. The van der Waals surface area contributed by atoms with E-state index in [4.69, 9.17) is 56.2 Å². The number of carbonyl (C=O) groups is 2. The Kier molecular flexibility index (Phi) is 6.80. The summed E-state index contributed by atoms with van der Waals surface area (Å²) in [6, 6.07) is 9.73. The second-order valence-corrected chi connectivity index (χ2v) is 9.84. The summed E-state index contributed by atoms with van der Waals surface area (Å²) in [5.41, 5.74) is 0.761. The van der Waals surface area contributed by atoms with E-state index >= 15 is 0 Å². The quantitative estimate of drug-likeness (QED) is 0.285. The van der Waals surface area contributed by atoms with E-state index in [1.165, 1.54) is 29.0 Å². The minimum absolute atomic E-state index is 0.0523. The molecule has 2 aromatic rings. The first-order valence-electron chi connectivity index (χ1n) is 8.04. The lowest BCUT2D eigenvalue weighted by atomic mass is 10.2. The van der Waals surface area contributed by atoms with E-state index in [1.54, 1.807) is 43.5 Å². The smallest absolute Gasteiger partial charge is 0.289 e. The van der Waals surface area contributed by atoms with E-state index in [1.807, 2.05) is 0 Å². The number of carbonyl (C=O) groups excluding carboxylic acids is 2. The first kappa shape index (κ1) is 22.0. The van der Waals surface area contributed by atoms with E-state index in [0.29, 0.717) is 15.0 Å². The average Bonchev–Trinajstić information content (AvgIpc) is 3.28. The van der Waals surface area contributed by atoms with Gasteiger partial charge in [-0.15, -0.1) is 0 Å². The van der Waals surface area contributed by atoms with Gasteiger partial charge in [-0.3, -0.25) is 14.5 Å². The number of halogens is 3. The van der Waals surface area contributed by atoms with Gasteiger partial charge in [0.2, 0.25) is 10.0 Å². The van der Waals surface area contributed by atoms with Gasteiger partial charge in [-0.2, -0.15) is 0 Å². The maximum atomic E-state index is 12.2. The number of likely N-dealkylation sites (N-methyl/N-ethyl adjacent to an activating group) is 1. The highest BCUT2D eigenvalue weighted by molar-refractivity contribution is 8.26. The number of rotatable bonds is 5. The van der Waals surface area contributed by atoms with Gasteiger partial charge in [-0.1, -0.05) is 70.9 Å². The molecule has 29 heavy (non-hydrogen) atoms. The molecule has 2 amide bonds. The molecule has 1 aromatic carbocycles. The average molecular weight is 492 g/mol. The number of hydrogen-bond donors (Lipinski definition) is 1. The van der Waals surface area contributed by atoms with Crippen molar-refractivity contribution in [1.29, 1.82) is 0 Å². The molecule has 6 nitrogen and oxygen atoms in total. The van der Waals surface area contributed by atoms with Crippen molar-refractivity contribution in [3.05, 3.63) is 58.9 Å². The van der Waals surface area contributed by atoms with Crippen LogP contribution in [-0.4, -0.2) is 38.1 Å². The Labute approximate surface area is 191 Å². The van der Waals surface area contributed by atoms with Crippen molar-refractivity contribution in [2.45, 2.75) is 10.0 Å². The first-order chi connectivity index (χ1) is 13.6. The minimum atomic E-state index is -1.93. The number of furan rings is 1. The van der Waals surface area contributed by atoms with Crippen molar-refractivity contribution in [3.63, 3.8) is 0 Å². The van der Waals surface area contributed by atoms with Crippen LogP contribution in [0.1, 0.15) is 16.1 Å². The number of thioether (sulfide) groups is 1. The van der Waals surface area contributed by atoms with Gasteiger partial charge in [0.15, 0.2) is 5.76 Å². The summed E-state index contributed by atoms with van der Waals surface area (Å²) < 4.78 is 9.22. The molecule has 1 N–H and O–H groups in total. The van der Waals surface area contributed by atoms with Crippen molar-refractivity contribution in [3.8, 4) is 5.75 Å². The molecule has 1 saturated heterocycles. The maximum absolute atomic E-state index is 12.2. The number of benzene rings is 1. The summed E-state index contributed by atoms with van der Waals surface area (Å²) in [6.07, 6.45) is 1.80. The van der Waals surface area contributed by atoms with Crippen LogP contribution in [0.2, 0.25) is 0 Å². The molecule has 0 spiro atoms. The number of nitrogens with zero attached hydrogens (tertiary/aromatic N) is 1. The molecule has 1 aliphatic rings. The highest BCUT2D eigenvalue weighted by atomic mass is 35.6. The molecular weight excluding hydrogens is 479 g/mol. The number of thiocarbonyl (C=S) groups is 1. The van der Waals surface area contributed by atoms with Crippen LogP contribution in [0.3, 0.4) is 0 Å². The Hall–Kier alpha value is -1.71. The van der Waals surface area contributed by atoms with Crippen LogP contribution in [0.15, 0.2) is 52.0 Å². The minimum Gasteiger partial charge on any atom is -0.466 e. The molecule has 3 rings (SSSR count). The second kappa shape index (κ2) is 8.97. The molecule has 11 heteroatoms. The van der Waals surface area contributed by atoms with E-state index in [2.05, 4.69) is 5.32 Å². The normalized spacial score (nSPS) is 17.0. The Bertz CT molecular complexity index is 956. The summed E-state index contributed by atoms with van der Waals surface area (Å²) in [7, 11) is 1.63. The van der Waals surface area contributed by atoms with E-state index in [0.717, 1.165) is 5.56 Å².